The predicted octanol–water partition coefficient (Wildman–Crippen LogP) is 2.70. The van der Waals surface area contributed by atoms with Crippen molar-refractivity contribution in [1.29, 1.82) is 0 Å². The fourth-order valence-electron chi connectivity index (χ4n) is 10.2. The van der Waals surface area contributed by atoms with Crippen molar-refractivity contribution < 1.29 is 39.4 Å². The third-order valence-electron chi connectivity index (χ3n) is 12.6. The molecule has 5 fully saturated rings. The van der Waals surface area contributed by atoms with Gasteiger partial charge in [0.25, 0.3) is 0 Å². The molecule has 0 radical (unpaired) electrons. The third-order valence-corrected chi connectivity index (χ3v) is 12.6. The Morgan fingerprint density at radius 3 is 2.42 bits per heavy atom. The molecule has 8 nitrogen and oxygen atoms in total. The Balaban J connectivity index is 1.19. The molecular formula is C30H46O8. The van der Waals surface area contributed by atoms with Crippen LogP contribution in [-0.4, -0.2) is 75.4 Å². The minimum absolute atomic E-state index is 0.0732. The number of carbonyl (C=O) groups excluding carboxylic acids is 1. The van der Waals surface area contributed by atoms with Crippen molar-refractivity contribution >= 4 is 5.97 Å². The first-order valence-electron chi connectivity index (χ1n) is 14.8. The summed E-state index contributed by atoms with van der Waals surface area (Å²) in [4.78, 5) is 11.9. The lowest BCUT2D eigenvalue weighted by atomic mass is 9.41. The van der Waals surface area contributed by atoms with Crippen LogP contribution < -0.4 is 0 Å². The van der Waals surface area contributed by atoms with Crippen LogP contribution in [0.25, 0.3) is 0 Å². The van der Waals surface area contributed by atoms with Gasteiger partial charge in [0.15, 0.2) is 6.29 Å². The Hall–Kier alpha value is -1.03. The van der Waals surface area contributed by atoms with E-state index >= 15 is 0 Å². The molecule has 4 N–H and O–H groups in total. The summed E-state index contributed by atoms with van der Waals surface area (Å²) in [7, 11) is 0. The summed E-state index contributed by atoms with van der Waals surface area (Å²) < 4.78 is 17.2. The molecule has 6 rings (SSSR count). The molecule has 1 saturated heterocycles. The molecule has 214 valence electrons. The Kier molecular flexibility index (Phi) is 6.61. The number of aliphatic hydroxyl groups excluding tert-OH is 3. The van der Waals surface area contributed by atoms with E-state index < -0.39 is 36.3 Å². The van der Waals surface area contributed by atoms with Crippen LogP contribution in [0.5, 0.6) is 0 Å². The average Bonchev–Trinajstić information content (AvgIpc) is 3.43. The van der Waals surface area contributed by atoms with E-state index in [0.717, 1.165) is 56.9 Å². The molecule has 8 heteroatoms. The van der Waals surface area contributed by atoms with Gasteiger partial charge in [-0.15, -0.1) is 0 Å². The van der Waals surface area contributed by atoms with Crippen molar-refractivity contribution in [1.82, 2.24) is 0 Å². The minimum atomic E-state index is -1.29. The van der Waals surface area contributed by atoms with E-state index in [1.54, 1.807) is 13.0 Å². The molecule has 0 aromatic rings. The second-order valence-electron chi connectivity index (χ2n) is 14.0. The molecule has 2 heterocycles. The summed E-state index contributed by atoms with van der Waals surface area (Å²) in [5.74, 6) is 1.38. The summed E-state index contributed by atoms with van der Waals surface area (Å²) in [6.45, 7) is 9.06. The molecule has 38 heavy (non-hydrogen) atoms. The highest BCUT2D eigenvalue weighted by molar-refractivity contribution is 5.85. The molecule has 0 aromatic heterocycles. The Morgan fingerprint density at radius 2 is 1.71 bits per heavy atom. The molecule has 0 aromatic carbocycles. The van der Waals surface area contributed by atoms with Crippen LogP contribution in [-0.2, 0) is 19.0 Å². The summed E-state index contributed by atoms with van der Waals surface area (Å²) >= 11 is 0. The zero-order valence-electron chi connectivity index (χ0n) is 23.2. The van der Waals surface area contributed by atoms with Gasteiger partial charge in [-0.2, -0.15) is 0 Å². The van der Waals surface area contributed by atoms with Crippen LogP contribution in [0, 0.1) is 40.4 Å². The standard InChI is InChI=1S/C30H46O8/c1-15-11-22-21(30(35)10-8-20(29(15,30)4)17-12-23(31)36-14-17)6-5-18-13-19(7-9-28(18,22)3)38-27-26(34)25(33)24(32)16(2)37-27/h12,15-16,18-22,24-27,32-35H,5-11,13-14H2,1-4H3/t15-,16+,18-,19+,20-,21-,22+,24+,25-,26-,27+,28+,29-,30+/m1/s1. The van der Waals surface area contributed by atoms with Crippen molar-refractivity contribution in [3.05, 3.63) is 11.6 Å². The second kappa shape index (κ2) is 9.25. The fourth-order valence-corrected chi connectivity index (χ4v) is 10.2. The summed E-state index contributed by atoms with van der Waals surface area (Å²) in [5, 5.41) is 43.2. The predicted molar refractivity (Wildman–Crippen MR) is 137 cm³/mol. The van der Waals surface area contributed by atoms with Crippen LogP contribution in [0.3, 0.4) is 0 Å². The third kappa shape index (κ3) is 3.73. The number of rotatable bonds is 3. The molecule has 14 atom stereocenters. The summed E-state index contributed by atoms with van der Waals surface area (Å²) in [6.07, 6.45) is 3.84. The summed E-state index contributed by atoms with van der Waals surface area (Å²) in [6, 6.07) is 0. The average molecular weight is 535 g/mol. The molecule has 0 unspecified atom stereocenters. The zero-order chi connectivity index (χ0) is 27.2. The molecule has 4 saturated carbocycles. The number of ether oxygens (including phenoxy) is 3. The first kappa shape index (κ1) is 27.2. The Bertz CT molecular complexity index is 983. The normalized spacial score (nSPS) is 56.5. The first-order valence-corrected chi connectivity index (χ1v) is 14.8. The molecule has 0 amide bonds. The summed E-state index contributed by atoms with van der Waals surface area (Å²) in [5.41, 5.74) is 0.150. The van der Waals surface area contributed by atoms with Crippen LogP contribution in [0.2, 0.25) is 0 Å². The molecule has 2 aliphatic heterocycles. The van der Waals surface area contributed by atoms with E-state index in [2.05, 4.69) is 20.8 Å². The van der Waals surface area contributed by atoms with Crippen molar-refractivity contribution in [3.8, 4) is 0 Å². The maximum Gasteiger partial charge on any atom is 0.331 e. The molecular weight excluding hydrogens is 488 g/mol. The Labute approximate surface area is 225 Å². The first-order chi connectivity index (χ1) is 17.9. The fraction of sp³-hybridized carbons (Fsp3) is 0.900. The largest absolute Gasteiger partial charge is 0.458 e. The molecule has 6 aliphatic rings. The number of cyclic esters (lactones) is 1. The van der Waals surface area contributed by atoms with Gasteiger partial charge in [0.2, 0.25) is 0 Å². The number of hydrogen-bond donors (Lipinski definition) is 4. The van der Waals surface area contributed by atoms with Gasteiger partial charge in [0.05, 0.1) is 17.8 Å². The zero-order valence-corrected chi connectivity index (χ0v) is 23.2. The van der Waals surface area contributed by atoms with Crippen LogP contribution in [0.1, 0.15) is 79.1 Å². The number of fused-ring (bicyclic) bond motifs is 5. The van der Waals surface area contributed by atoms with E-state index in [0.29, 0.717) is 24.4 Å². The smallest absolute Gasteiger partial charge is 0.331 e. The van der Waals surface area contributed by atoms with E-state index in [-0.39, 0.29) is 34.7 Å². The second-order valence-corrected chi connectivity index (χ2v) is 14.0. The van der Waals surface area contributed by atoms with Crippen LogP contribution >= 0.6 is 0 Å². The van der Waals surface area contributed by atoms with Crippen LogP contribution in [0.4, 0.5) is 0 Å². The van der Waals surface area contributed by atoms with Gasteiger partial charge < -0.3 is 34.6 Å². The van der Waals surface area contributed by atoms with Crippen molar-refractivity contribution in [3.63, 3.8) is 0 Å². The van der Waals surface area contributed by atoms with Gasteiger partial charge in [0, 0.05) is 11.5 Å². The quantitative estimate of drug-likeness (QED) is 0.322. The van der Waals surface area contributed by atoms with Crippen molar-refractivity contribution in [2.45, 2.75) is 121 Å². The highest BCUT2D eigenvalue weighted by atomic mass is 16.7. The highest BCUT2D eigenvalue weighted by Crippen LogP contribution is 2.71. The van der Waals surface area contributed by atoms with E-state index in [1.165, 1.54) is 0 Å². The van der Waals surface area contributed by atoms with Crippen LogP contribution in [0.15, 0.2) is 11.6 Å². The van der Waals surface area contributed by atoms with Gasteiger partial charge >= 0.3 is 5.97 Å². The number of hydrogen-bond acceptors (Lipinski definition) is 8. The highest BCUT2D eigenvalue weighted by Gasteiger charge is 2.70. The van der Waals surface area contributed by atoms with Gasteiger partial charge in [-0.05, 0) is 98.9 Å². The SMILES string of the molecule is C[C@@H]1O[C@@H](O[C@H]2CC[C@@]3(C)[C@H](CC[C@@H]4[C@@H]3C[C@@H](C)[C@]3(C)[C@@H](C5=CC(=O)OC5)CC[C@]43O)C2)[C@H](O)[C@H](O)[C@H]1O. The molecule has 0 spiro atoms. The number of esters is 1. The van der Waals surface area contributed by atoms with E-state index in [9.17, 15) is 25.2 Å². The molecule has 4 aliphatic carbocycles. The van der Waals surface area contributed by atoms with E-state index in [4.69, 9.17) is 14.2 Å². The molecule has 0 bridgehead atoms. The minimum Gasteiger partial charge on any atom is -0.458 e. The van der Waals surface area contributed by atoms with E-state index in [1.807, 2.05) is 0 Å². The Morgan fingerprint density at radius 1 is 0.947 bits per heavy atom. The van der Waals surface area contributed by atoms with Gasteiger partial charge in [0.1, 0.15) is 24.9 Å². The van der Waals surface area contributed by atoms with Gasteiger partial charge in [-0.25, -0.2) is 4.79 Å². The topological polar surface area (TPSA) is 126 Å². The lowest BCUT2D eigenvalue weighted by Crippen LogP contribution is -2.65. The van der Waals surface area contributed by atoms with Crippen molar-refractivity contribution in [2.75, 3.05) is 6.61 Å². The maximum atomic E-state index is 12.5. The van der Waals surface area contributed by atoms with Crippen molar-refractivity contribution in [2.24, 2.45) is 40.4 Å². The van der Waals surface area contributed by atoms with Gasteiger partial charge in [-0.1, -0.05) is 20.8 Å². The lowest BCUT2D eigenvalue weighted by molar-refractivity contribution is -0.310. The number of carbonyl (C=O) groups is 1. The number of aliphatic hydroxyl groups is 4. The monoisotopic (exact) mass is 534 g/mol. The lowest BCUT2D eigenvalue weighted by Gasteiger charge is -2.65. The van der Waals surface area contributed by atoms with Gasteiger partial charge in [-0.3, -0.25) is 0 Å². The maximum absolute atomic E-state index is 12.5.